The zero-order valence-electron chi connectivity index (χ0n) is 12.7. The van der Waals surface area contributed by atoms with Crippen LogP contribution in [0.4, 0.5) is 14.9 Å². The van der Waals surface area contributed by atoms with Gasteiger partial charge in [-0.1, -0.05) is 0 Å². The van der Waals surface area contributed by atoms with Crippen molar-refractivity contribution in [3.05, 3.63) is 41.5 Å². The number of H-pyrrole nitrogens is 1. The molecule has 0 aliphatic heterocycles. The summed E-state index contributed by atoms with van der Waals surface area (Å²) >= 11 is 0. The predicted molar refractivity (Wildman–Crippen MR) is 81.6 cm³/mol. The molecule has 0 fully saturated rings. The molecule has 2 aromatic rings. The van der Waals surface area contributed by atoms with E-state index in [1.165, 1.54) is 19.2 Å². The largest absolute Gasteiger partial charge is 0.497 e. The number of nitrogens with zero attached hydrogens (tertiary/aromatic N) is 1. The van der Waals surface area contributed by atoms with E-state index in [-0.39, 0.29) is 6.04 Å². The lowest BCUT2D eigenvalue weighted by molar-refractivity contribution is 0.249. The summed E-state index contributed by atoms with van der Waals surface area (Å²) in [5.74, 6) is -0.134. The monoisotopic (exact) mass is 306 g/mol. The first kappa shape index (κ1) is 15.8. The molecule has 1 heterocycles. The SMILES string of the molecule is COc1cc(F)cc(NC(=O)NC(C)Cc2cc(C)[nH]n2)c1. The summed E-state index contributed by atoms with van der Waals surface area (Å²) in [5.41, 5.74) is 2.17. The van der Waals surface area contributed by atoms with Crippen molar-refractivity contribution in [1.29, 1.82) is 0 Å². The van der Waals surface area contributed by atoms with Gasteiger partial charge in [0, 0.05) is 36.0 Å². The smallest absolute Gasteiger partial charge is 0.319 e. The summed E-state index contributed by atoms with van der Waals surface area (Å²) in [6, 6.07) is 5.42. The van der Waals surface area contributed by atoms with Crippen LogP contribution in [0.25, 0.3) is 0 Å². The van der Waals surface area contributed by atoms with Crippen molar-refractivity contribution < 1.29 is 13.9 Å². The Bertz CT molecular complexity index is 657. The number of hydrogen-bond acceptors (Lipinski definition) is 3. The molecule has 0 saturated heterocycles. The summed E-state index contributed by atoms with van der Waals surface area (Å²) in [4.78, 5) is 11.9. The minimum Gasteiger partial charge on any atom is -0.497 e. The number of aromatic nitrogens is 2. The maximum Gasteiger partial charge on any atom is 0.319 e. The van der Waals surface area contributed by atoms with Gasteiger partial charge in [-0.05, 0) is 26.0 Å². The topological polar surface area (TPSA) is 79.0 Å². The van der Waals surface area contributed by atoms with Gasteiger partial charge in [0.15, 0.2) is 0 Å². The van der Waals surface area contributed by atoms with E-state index < -0.39 is 11.8 Å². The second-order valence-electron chi connectivity index (χ2n) is 5.13. The Kier molecular flexibility index (Phi) is 4.98. The van der Waals surface area contributed by atoms with Crippen LogP contribution in [0.1, 0.15) is 18.3 Å². The Hall–Kier alpha value is -2.57. The van der Waals surface area contributed by atoms with Gasteiger partial charge in [-0.3, -0.25) is 5.10 Å². The number of carbonyl (C=O) groups is 1. The van der Waals surface area contributed by atoms with E-state index >= 15 is 0 Å². The quantitative estimate of drug-likeness (QED) is 0.794. The fraction of sp³-hybridized carbons (Fsp3) is 0.333. The van der Waals surface area contributed by atoms with Crippen molar-refractivity contribution in [3.8, 4) is 5.75 Å². The first-order valence-corrected chi connectivity index (χ1v) is 6.89. The highest BCUT2D eigenvalue weighted by molar-refractivity contribution is 5.89. The van der Waals surface area contributed by atoms with Crippen molar-refractivity contribution >= 4 is 11.7 Å². The van der Waals surface area contributed by atoms with Gasteiger partial charge in [-0.15, -0.1) is 0 Å². The van der Waals surface area contributed by atoms with Crippen molar-refractivity contribution in [2.75, 3.05) is 12.4 Å². The fourth-order valence-corrected chi connectivity index (χ4v) is 2.09. The number of halogens is 1. The van der Waals surface area contributed by atoms with Crippen LogP contribution in [-0.2, 0) is 6.42 Å². The van der Waals surface area contributed by atoms with Gasteiger partial charge in [0.05, 0.1) is 12.8 Å². The number of amides is 2. The van der Waals surface area contributed by atoms with E-state index in [1.807, 2.05) is 19.9 Å². The molecular weight excluding hydrogens is 287 g/mol. The molecule has 1 atom stereocenters. The second-order valence-corrected chi connectivity index (χ2v) is 5.13. The third kappa shape index (κ3) is 4.47. The van der Waals surface area contributed by atoms with Crippen LogP contribution in [0.2, 0.25) is 0 Å². The normalized spacial score (nSPS) is 11.8. The minimum absolute atomic E-state index is 0.113. The number of benzene rings is 1. The molecule has 0 spiro atoms. The highest BCUT2D eigenvalue weighted by atomic mass is 19.1. The molecule has 6 nitrogen and oxygen atoms in total. The number of carbonyl (C=O) groups excluding carboxylic acids is 1. The van der Waals surface area contributed by atoms with Crippen molar-refractivity contribution in [3.63, 3.8) is 0 Å². The number of methoxy groups -OCH3 is 1. The molecular formula is C15H19FN4O2. The molecule has 0 saturated carbocycles. The molecule has 0 aliphatic carbocycles. The number of rotatable bonds is 5. The Balaban J connectivity index is 1.90. The van der Waals surface area contributed by atoms with Crippen molar-refractivity contribution in [2.24, 2.45) is 0 Å². The zero-order chi connectivity index (χ0) is 16.1. The van der Waals surface area contributed by atoms with Crippen LogP contribution in [0.5, 0.6) is 5.75 Å². The van der Waals surface area contributed by atoms with Crippen molar-refractivity contribution in [1.82, 2.24) is 15.5 Å². The molecule has 0 radical (unpaired) electrons. The van der Waals surface area contributed by atoms with Crippen LogP contribution in [0, 0.1) is 12.7 Å². The first-order valence-electron chi connectivity index (χ1n) is 6.89. The second kappa shape index (κ2) is 6.93. The van der Waals surface area contributed by atoms with Gasteiger partial charge >= 0.3 is 6.03 Å². The van der Waals surface area contributed by atoms with Crippen LogP contribution in [0.3, 0.4) is 0 Å². The fourth-order valence-electron chi connectivity index (χ4n) is 2.09. The summed E-state index contributed by atoms with van der Waals surface area (Å²) in [5, 5.41) is 12.3. The van der Waals surface area contributed by atoms with E-state index in [9.17, 15) is 9.18 Å². The van der Waals surface area contributed by atoms with Gasteiger partial charge in [0.25, 0.3) is 0 Å². The zero-order valence-corrected chi connectivity index (χ0v) is 12.7. The van der Waals surface area contributed by atoms with E-state index in [4.69, 9.17) is 4.74 Å². The Morgan fingerprint density at radius 1 is 1.41 bits per heavy atom. The number of hydrogen-bond donors (Lipinski definition) is 3. The highest BCUT2D eigenvalue weighted by Crippen LogP contribution is 2.19. The summed E-state index contributed by atoms with van der Waals surface area (Å²) in [6.07, 6.45) is 0.601. The number of anilines is 1. The lowest BCUT2D eigenvalue weighted by Crippen LogP contribution is -2.37. The van der Waals surface area contributed by atoms with Gasteiger partial charge in [0.1, 0.15) is 11.6 Å². The van der Waals surface area contributed by atoms with Gasteiger partial charge in [-0.25, -0.2) is 9.18 Å². The van der Waals surface area contributed by atoms with Crippen LogP contribution in [0.15, 0.2) is 24.3 Å². The summed E-state index contributed by atoms with van der Waals surface area (Å²) in [6.45, 7) is 3.79. The van der Waals surface area contributed by atoms with Gasteiger partial charge in [-0.2, -0.15) is 5.10 Å². The maximum absolute atomic E-state index is 13.4. The van der Waals surface area contributed by atoms with Gasteiger partial charge < -0.3 is 15.4 Å². The lowest BCUT2D eigenvalue weighted by atomic mass is 10.2. The Labute approximate surface area is 128 Å². The lowest BCUT2D eigenvalue weighted by Gasteiger charge is -2.14. The summed E-state index contributed by atoms with van der Waals surface area (Å²) < 4.78 is 18.3. The highest BCUT2D eigenvalue weighted by Gasteiger charge is 2.11. The molecule has 1 unspecified atom stereocenters. The minimum atomic E-state index is -0.477. The molecule has 2 rings (SSSR count). The molecule has 0 bridgehead atoms. The van der Waals surface area contributed by atoms with Crippen LogP contribution >= 0.6 is 0 Å². The third-order valence-corrected chi connectivity index (χ3v) is 3.02. The molecule has 1 aromatic heterocycles. The number of nitrogens with one attached hydrogen (secondary N) is 3. The maximum atomic E-state index is 13.4. The Morgan fingerprint density at radius 3 is 2.82 bits per heavy atom. The van der Waals surface area contributed by atoms with E-state index in [0.29, 0.717) is 17.9 Å². The van der Waals surface area contributed by atoms with Crippen LogP contribution in [-0.4, -0.2) is 29.4 Å². The van der Waals surface area contributed by atoms with Crippen LogP contribution < -0.4 is 15.4 Å². The number of urea groups is 1. The summed E-state index contributed by atoms with van der Waals surface area (Å²) in [7, 11) is 1.44. The third-order valence-electron chi connectivity index (χ3n) is 3.02. The predicted octanol–water partition coefficient (Wildman–Crippen LogP) is 2.62. The van der Waals surface area contributed by atoms with Crippen molar-refractivity contribution in [2.45, 2.75) is 26.3 Å². The molecule has 0 aliphatic rings. The van der Waals surface area contributed by atoms with E-state index in [2.05, 4.69) is 20.8 Å². The van der Waals surface area contributed by atoms with E-state index in [0.717, 1.165) is 11.4 Å². The molecule has 1 aromatic carbocycles. The molecule has 22 heavy (non-hydrogen) atoms. The standard InChI is InChI=1S/C15H19FN4O2/c1-9(4-13-5-10(2)19-20-13)17-15(21)18-12-6-11(16)7-14(8-12)22-3/h5-9H,4H2,1-3H3,(H,19,20)(H2,17,18,21). The van der Waals surface area contributed by atoms with E-state index in [1.54, 1.807) is 6.07 Å². The average molecular weight is 306 g/mol. The first-order chi connectivity index (χ1) is 10.5. The number of aryl methyl sites for hydroxylation is 1. The molecule has 118 valence electrons. The average Bonchev–Trinajstić information content (AvgIpc) is 2.82. The molecule has 2 amide bonds. The Morgan fingerprint density at radius 2 is 2.18 bits per heavy atom. The van der Waals surface area contributed by atoms with Gasteiger partial charge in [0.2, 0.25) is 0 Å². The molecule has 7 heteroatoms. The number of ether oxygens (including phenoxy) is 1. The molecule has 3 N–H and O–H groups in total. The number of aromatic amines is 1.